The first kappa shape index (κ1) is 29.7. The normalized spacial score (nSPS) is 19.6. The van der Waals surface area contributed by atoms with Gasteiger partial charge in [-0.2, -0.15) is 13.2 Å². The number of nitrogens with one attached hydrogen (secondary N) is 1. The van der Waals surface area contributed by atoms with Crippen molar-refractivity contribution < 1.29 is 31.4 Å². The Labute approximate surface area is 240 Å². The fraction of sp³-hybridized carbons (Fsp3) is 0.481. The molecule has 2 aliphatic rings. The SMILES string of the molecule is CCc1cc(N2CCN(CCO)C[C@H]2C)ccc1Nc1ncc(C(F)(F)F)c(-c2cc3c(s2)COCCS3(=O)=O)n1. The summed E-state index contributed by atoms with van der Waals surface area (Å²) in [5.41, 5.74) is 1.24. The lowest BCUT2D eigenvalue weighted by molar-refractivity contribution is -0.137. The van der Waals surface area contributed by atoms with Gasteiger partial charge in [0.25, 0.3) is 0 Å². The summed E-state index contributed by atoms with van der Waals surface area (Å²) in [7, 11) is -3.68. The van der Waals surface area contributed by atoms with Crippen molar-refractivity contribution in [3.05, 3.63) is 46.5 Å². The molecule has 1 saturated heterocycles. The number of aliphatic hydroxyl groups excluding tert-OH is 1. The van der Waals surface area contributed by atoms with Gasteiger partial charge in [0.1, 0.15) is 5.56 Å². The Balaban J connectivity index is 1.45. The summed E-state index contributed by atoms with van der Waals surface area (Å²) >= 11 is 0.933. The number of anilines is 3. The zero-order chi connectivity index (χ0) is 29.4. The number of fused-ring (bicyclic) bond motifs is 1. The summed E-state index contributed by atoms with van der Waals surface area (Å²) in [4.78, 5) is 13.2. The van der Waals surface area contributed by atoms with Crippen LogP contribution < -0.4 is 10.2 Å². The van der Waals surface area contributed by atoms with Crippen molar-refractivity contribution in [3.8, 4) is 10.6 Å². The highest BCUT2D eigenvalue weighted by Crippen LogP contribution is 2.42. The van der Waals surface area contributed by atoms with Gasteiger partial charge in [0.2, 0.25) is 5.95 Å². The molecule has 1 aromatic carbocycles. The summed E-state index contributed by atoms with van der Waals surface area (Å²) in [6, 6.07) is 7.41. The molecule has 41 heavy (non-hydrogen) atoms. The van der Waals surface area contributed by atoms with Gasteiger partial charge in [0.15, 0.2) is 9.84 Å². The average molecular weight is 612 g/mol. The molecule has 0 spiro atoms. The van der Waals surface area contributed by atoms with Crippen LogP contribution in [0.4, 0.5) is 30.5 Å². The maximum Gasteiger partial charge on any atom is 0.420 e. The number of alkyl halides is 3. The molecule has 1 atom stereocenters. The lowest BCUT2D eigenvalue weighted by atomic mass is 10.1. The molecule has 0 radical (unpaired) electrons. The van der Waals surface area contributed by atoms with Crippen LogP contribution in [0.1, 0.15) is 29.9 Å². The molecule has 1 fully saturated rings. The molecule has 2 N–H and O–H groups in total. The second kappa shape index (κ2) is 11.8. The monoisotopic (exact) mass is 611 g/mol. The minimum Gasteiger partial charge on any atom is -0.395 e. The van der Waals surface area contributed by atoms with E-state index in [1.807, 2.05) is 19.1 Å². The molecule has 9 nitrogen and oxygen atoms in total. The number of halogens is 3. The predicted octanol–water partition coefficient (Wildman–Crippen LogP) is 4.34. The van der Waals surface area contributed by atoms with Crippen molar-refractivity contribution in [1.29, 1.82) is 0 Å². The highest BCUT2D eigenvalue weighted by molar-refractivity contribution is 7.91. The van der Waals surface area contributed by atoms with Crippen LogP contribution in [0.25, 0.3) is 10.6 Å². The van der Waals surface area contributed by atoms with Crippen LogP contribution in [0.3, 0.4) is 0 Å². The number of piperazine rings is 1. The first-order valence-electron chi connectivity index (χ1n) is 13.4. The lowest BCUT2D eigenvalue weighted by Crippen LogP contribution is -2.52. The molecule has 5 rings (SSSR count). The van der Waals surface area contributed by atoms with Crippen LogP contribution in [-0.2, 0) is 33.8 Å². The smallest absolute Gasteiger partial charge is 0.395 e. The van der Waals surface area contributed by atoms with Gasteiger partial charge in [-0.05, 0) is 43.2 Å². The minimum atomic E-state index is -4.74. The number of β-amino-alcohol motifs (C(OH)–C–C–N with tert-alkyl or cyclic N) is 1. The first-order valence-corrected chi connectivity index (χ1v) is 15.8. The maximum absolute atomic E-state index is 14.0. The number of hydrogen-bond acceptors (Lipinski definition) is 10. The van der Waals surface area contributed by atoms with Gasteiger partial charge in [-0.15, -0.1) is 11.3 Å². The number of ether oxygens (including phenoxy) is 1. The number of benzene rings is 1. The van der Waals surface area contributed by atoms with Gasteiger partial charge in [0, 0.05) is 54.7 Å². The fourth-order valence-corrected chi connectivity index (χ4v) is 8.07. The Morgan fingerprint density at radius 1 is 1.24 bits per heavy atom. The van der Waals surface area contributed by atoms with E-state index in [1.165, 1.54) is 6.07 Å². The zero-order valence-electron chi connectivity index (χ0n) is 22.7. The maximum atomic E-state index is 14.0. The molecule has 14 heteroatoms. The van der Waals surface area contributed by atoms with E-state index in [2.05, 4.69) is 38.1 Å². The standard InChI is InChI=1S/C27H32F3N5O4S2/c1-3-18-12-19(35-7-6-34(8-9-36)15-17(35)2)4-5-21(18)32-26-31-14-20(27(28,29)30)25(33-26)22-13-24-23(40-22)16-39-10-11-41(24,37)38/h4-5,12-14,17,36H,3,6-11,15-16H2,1-2H3,(H,31,32,33)/t17-/m1/s1. The third-order valence-corrected chi connectivity index (χ3v) is 10.3. The summed E-state index contributed by atoms with van der Waals surface area (Å²) in [5.74, 6) is -0.254. The number of rotatable bonds is 7. The number of thiophene rings is 1. The highest BCUT2D eigenvalue weighted by atomic mass is 32.2. The molecule has 2 aromatic heterocycles. The molecular weight excluding hydrogens is 579 g/mol. The van der Waals surface area contributed by atoms with Gasteiger partial charge in [-0.1, -0.05) is 6.92 Å². The summed E-state index contributed by atoms with van der Waals surface area (Å²) in [6.07, 6.45) is -3.34. The van der Waals surface area contributed by atoms with Crippen molar-refractivity contribution in [1.82, 2.24) is 14.9 Å². The van der Waals surface area contributed by atoms with Crippen molar-refractivity contribution in [3.63, 3.8) is 0 Å². The Morgan fingerprint density at radius 2 is 2.05 bits per heavy atom. The van der Waals surface area contributed by atoms with Gasteiger partial charge in [0.05, 0.1) is 41.0 Å². The number of hydrogen-bond donors (Lipinski definition) is 2. The van der Waals surface area contributed by atoms with Gasteiger partial charge in [-0.25, -0.2) is 18.4 Å². The fourth-order valence-electron chi connectivity index (χ4n) is 5.23. The van der Waals surface area contributed by atoms with Crippen molar-refractivity contribution >= 4 is 38.5 Å². The van der Waals surface area contributed by atoms with E-state index in [0.29, 0.717) is 23.5 Å². The average Bonchev–Trinajstić information content (AvgIpc) is 3.31. The number of sulfone groups is 1. The number of aromatic nitrogens is 2. The van der Waals surface area contributed by atoms with Crippen molar-refractivity contribution in [2.45, 2.75) is 44.0 Å². The van der Waals surface area contributed by atoms with Crippen molar-refractivity contribution in [2.75, 3.05) is 55.4 Å². The highest BCUT2D eigenvalue weighted by Gasteiger charge is 2.37. The van der Waals surface area contributed by atoms with Crippen LogP contribution in [-0.4, -0.2) is 79.6 Å². The molecule has 3 aromatic rings. The molecule has 0 amide bonds. The molecule has 0 saturated carbocycles. The van der Waals surface area contributed by atoms with Crippen LogP contribution in [0.15, 0.2) is 35.4 Å². The second-order valence-corrected chi connectivity index (χ2v) is 13.3. The summed E-state index contributed by atoms with van der Waals surface area (Å²) in [6.45, 7) is 7.45. The predicted molar refractivity (Wildman–Crippen MR) is 151 cm³/mol. The molecule has 0 unspecified atom stereocenters. The minimum absolute atomic E-state index is 0.00785. The summed E-state index contributed by atoms with van der Waals surface area (Å²) in [5, 5.41) is 12.3. The van der Waals surface area contributed by atoms with E-state index in [1.54, 1.807) is 0 Å². The Kier molecular flexibility index (Phi) is 8.58. The van der Waals surface area contributed by atoms with E-state index < -0.39 is 21.6 Å². The first-order chi connectivity index (χ1) is 19.5. The molecule has 0 bridgehead atoms. The topological polar surface area (TPSA) is 108 Å². The number of nitrogens with zero attached hydrogens (tertiary/aromatic N) is 4. The third-order valence-electron chi connectivity index (χ3n) is 7.34. The number of aliphatic hydroxyl groups is 1. The van der Waals surface area contributed by atoms with E-state index in [-0.39, 0.29) is 53.0 Å². The van der Waals surface area contributed by atoms with E-state index in [0.717, 1.165) is 48.4 Å². The van der Waals surface area contributed by atoms with Gasteiger partial charge >= 0.3 is 6.18 Å². The van der Waals surface area contributed by atoms with E-state index in [9.17, 15) is 26.7 Å². The Bertz CT molecular complexity index is 1510. The third kappa shape index (κ3) is 6.36. The van der Waals surface area contributed by atoms with Gasteiger partial charge in [-0.3, -0.25) is 4.90 Å². The van der Waals surface area contributed by atoms with Gasteiger partial charge < -0.3 is 20.1 Å². The molecular formula is C27H32F3N5O4S2. The Hall–Kier alpha value is -2.78. The van der Waals surface area contributed by atoms with Crippen LogP contribution >= 0.6 is 11.3 Å². The molecule has 0 aliphatic carbocycles. The van der Waals surface area contributed by atoms with Crippen LogP contribution in [0.5, 0.6) is 0 Å². The quantitative estimate of drug-likeness (QED) is 0.404. The molecule has 4 heterocycles. The van der Waals surface area contributed by atoms with E-state index in [4.69, 9.17) is 4.74 Å². The van der Waals surface area contributed by atoms with E-state index >= 15 is 0 Å². The lowest BCUT2D eigenvalue weighted by Gasteiger charge is -2.41. The van der Waals surface area contributed by atoms with Crippen molar-refractivity contribution in [2.24, 2.45) is 0 Å². The number of aryl methyl sites for hydroxylation is 1. The zero-order valence-corrected chi connectivity index (χ0v) is 24.4. The molecule has 2 aliphatic heterocycles. The van der Waals surface area contributed by atoms with Crippen LogP contribution in [0, 0.1) is 0 Å². The van der Waals surface area contributed by atoms with Crippen LogP contribution in [0.2, 0.25) is 0 Å². The second-order valence-electron chi connectivity index (χ2n) is 10.1. The molecule has 222 valence electrons. The largest absolute Gasteiger partial charge is 0.420 e. The summed E-state index contributed by atoms with van der Waals surface area (Å²) < 4.78 is 72.6. The Morgan fingerprint density at radius 3 is 2.76 bits per heavy atom.